The molecule has 0 bridgehead atoms. The van der Waals surface area contributed by atoms with Crippen molar-refractivity contribution in [2.75, 3.05) is 0 Å². The molecule has 0 fully saturated rings. The molecule has 2 rings (SSSR count). The Kier molecular flexibility index (Phi) is 13.2. The molecule has 23 heavy (non-hydrogen) atoms. The van der Waals surface area contributed by atoms with Crippen molar-refractivity contribution in [3.05, 3.63) is 47.8 Å². The van der Waals surface area contributed by atoms with Crippen LogP contribution in [0.5, 0.6) is 11.8 Å². The zero-order valence-corrected chi connectivity index (χ0v) is 14.7. The summed E-state index contributed by atoms with van der Waals surface area (Å²) in [6, 6.07) is 5.25. The molecule has 0 aliphatic rings. The molecule has 8 N–H and O–H groups in total. The number of carboxylic acid groups (broad SMARTS) is 2. The molecule has 2 aromatic rings. The molecule has 0 atom stereocenters. The van der Waals surface area contributed by atoms with E-state index in [1.807, 2.05) is 0 Å². The van der Waals surface area contributed by atoms with Crippen molar-refractivity contribution in [3.8, 4) is 11.8 Å². The number of nitrogens with zero attached hydrogens (tertiary/aromatic N) is 2. The predicted molar refractivity (Wildman–Crippen MR) is 71.0 cm³/mol. The second-order valence-electron chi connectivity index (χ2n) is 3.32. The molecular formula is C12H14N2O8Zn+2. The number of hydrogen-bond donors (Lipinski definition) is 2. The van der Waals surface area contributed by atoms with E-state index in [1.54, 1.807) is 0 Å². The summed E-state index contributed by atoms with van der Waals surface area (Å²) in [6.45, 7) is 0. The van der Waals surface area contributed by atoms with E-state index in [9.17, 15) is 19.8 Å². The third-order valence-electron chi connectivity index (χ3n) is 2.00. The maximum absolute atomic E-state index is 10.6. The fourth-order valence-corrected chi connectivity index (χ4v) is 1.11. The van der Waals surface area contributed by atoms with Crippen molar-refractivity contribution in [2.45, 2.75) is 0 Å². The summed E-state index contributed by atoms with van der Waals surface area (Å²) < 4.78 is 0. The minimum absolute atomic E-state index is 0. The van der Waals surface area contributed by atoms with Crippen LogP contribution in [0.4, 0.5) is 0 Å². The van der Waals surface area contributed by atoms with Crippen molar-refractivity contribution >= 4 is 11.9 Å². The topological polar surface area (TPSA) is 212 Å². The van der Waals surface area contributed by atoms with Gasteiger partial charge in [-0.25, -0.2) is 9.59 Å². The summed E-state index contributed by atoms with van der Waals surface area (Å²) in [5.41, 5.74) is -0.579. The summed E-state index contributed by atoms with van der Waals surface area (Å²) in [5.74, 6) is -3.87. The molecule has 0 radical (unpaired) electrons. The maximum Gasteiger partial charge on any atom is 2.00 e. The standard InChI is InChI=1S/2C6H5NO3.2H2O.Zn/c2*8-5-4(6(9)10)2-1-3-7-5;;;/h2*1-3H,(H,7,8)(H,9,10);2*1H2;/q;;;;+2. The Hall–Kier alpha value is -2.62. The number of hydrogen-bond acceptors (Lipinski definition) is 6. The molecule has 11 heteroatoms. The van der Waals surface area contributed by atoms with Crippen LogP contribution in [0, 0.1) is 0 Å². The van der Waals surface area contributed by atoms with Crippen LogP contribution in [-0.2, 0) is 30.4 Å². The monoisotopic (exact) mass is 378 g/mol. The minimum atomic E-state index is -1.24. The summed E-state index contributed by atoms with van der Waals surface area (Å²) in [7, 11) is 0. The first-order valence-corrected chi connectivity index (χ1v) is 5.14. The molecule has 2 heterocycles. The van der Waals surface area contributed by atoms with Gasteiger partial charge in [-0.05, 0) is 24.3 Å². The van der Waals surface area contributed by atoms with Gasteiger partial charge in [0.2, 0.25) is 0 Å². The Morgan fingerprint density at radius 2 is 1.13 bits per heavy atom. The second kappa shape index (κ2) is 12.0. The first-order chi connectivity index (χ1) is 9.43. The average molecular weight is 380 g/mol. The van der Waals surface area contributed by atoms with Crippen LogP contribution in [0.25, 0.3) is 0 Å². The fourth-order valence-electron chi connectivity index (χ4n) is 1.11. The van der Waals surface area contributed by atoms with Gasteiger partial charge in [0, 0.05) is 24.2 Å². The van der Waals surface area contributed by atoms with Crippen LogP contribution < -0.4 is 10.2 Å². The van der Waals surface area contributed by atoms with Crippen molar-refractivity contribution in [1.82, 2.24) is 9.97 Å². The van der Waals surface area contributed by atoms with E-state index in [0.29, 0.717) is 0 Å². The fraction of sp³-hybridized carbons (Fsp3) is 0. The summed E-state index contributed by atoms with van der Waals surface area (Å²) >= 11 is 0. The third-order valence-corrected chi connectivity index (χ3v) is 2.00. The quantitative estimate of drug-likeness (QED) is 0.432. The van der Waals surface area contributed by atoms with Crippen molar-refractivity contribution in [1.29, 1.82) is 0 Å². The molecule has 0 amide bonds. The SMILES string of the molecule is O=C(O)c1cccnc1[O-].O=C(O)c1cccnc1[O-].[OH3+].[OH3+].[Zn+2]. The number of aromatic carboxylic acids is 2. The van der Waals surface area contributed by atoms with Gasteiger partial charge in [-0.3, -0.25) is 9.97 Å². The summed E-state index contributed by atoms with van der Waals surface area (Å²) in [6.07, 6.45) is 2.52. The Morgan fingerprint density at radius 3 is 1.30 bits per heavy atom. The zero-order chi connectivity index (χ0) is 15.1. The molecule has 0 aliphatic carbocycles. The van der Waals surface area contributed by atoms with E-state index < -0.39 is 23.7 Å². The van der Waals surface area contributed by atoms with E-state index in [-0.39, 0.29) is 41.6 Å². The van der Waals surface area contributed by atoms with E-state index >= 15 is 0 Å². The van der Waals surface area contributed by atoms with Gasteiger partial charge < -0.3 is 31.4 Å². The molecule has 0 saturated heterocycles. The van der Waals surface area contributed by atoms with Gasteiger partial charge in [-0.2, -0.15) is 0 Å². The molecular weight excluding hydrogens is 366 g/mol. The van der Waals surface area contributed by atoms with Gasteiger partial charge in [-0.15, -0.1) is 0 Å². The van der Waals surface area contributed by atoms with Gasteiger partial charge in [0.1, 0.15) is 0 Å². The van der Waals surface area contributed by atoms with Gasteiger partial charge in [0.05, 0.1) is 11.1 Å². The average Bonchev–Trinajstić information content (AvgIpc) is 2.40. The Labute approximate surface area is 142 Å². The van der Waals surface area contributed by atoms with Crippen LogP contribution in [-0.4, -0.2) is 32.1 Å². The molecule has 0 spiro atoms. The van der Waals surface area contributed by atoms with Crippen LogP contribution >= 0.6 is 0 Å². The number of carboxylic acids is 2. The first kappa shape index (κ1) is 25.3. The molecule has 10 nitrogen and oxygen atoms in total. The van der Waals surface area contributed by atoms with Crippen LogP contribution in [0.15, 0.2) is 36.7 Å². The van der Waals surface area contributed by atoms with Crippen molar-refractivity contribution in [2.24, 2.45) is 0 Å². The predicted octanol–water partition coefficient (Wildman–Crippen LogP) is -2.14. The number of rotatable bonds is 2. The van der Waals surface area contributed by atoms with E-state index in [4.69, 9.17) is 10.2 Å². The molecule has 120 valence electrons. The number of carbonyl (C=O) groups is 2. The van der Waals surface area contributed by atoms with Crippen LogP contribution in [0.3, 0.4) is 0 Å². The van der Waals surface area contributed by atoms with Crippen molar-refractivity contribution < 1.29 is 60.4 Å². The summed E-state index contributed by atoms with van der Waals surface area (Å²) in [5, 5.41) is 37.8. The molecule has 0 saturated carbocycles. The Bertz CT molecular complexity index is 582. The third kappa shape index (κ3) is 7.81. The van der Waals surface area contributed by atoms with Gasteiger partial charge in [-0.1, -0.05) is 0 Å². The summed E-state index contributed by atoms with van der Waals surface area (Å²) in [4.78, 5) is 26.9. The molecule has 2 aromatic heterocycles. The normalized spacial score (nSPS) is 8.00. The van der Waals surface area contributed by atoms with Crippen LogP contribution in [0.1, 0.15) is 20.7 Å². The maximum atomic E-state index is 10.6. The van der Waals surface area contributed by atoms with Gasteiger partial charge in [0.25, 0.3) is 0 Å². The molecule has 0 unspecified atom stereocenters. The smallest absolute Gasteiger partial charge is 0.858 e. The zero-order valence-electron chi connectivity index (χ0n) is 11.7. The van der Waals surface area contributed by atoms with Gasteiger partial charge >= 0.3 is 31.4 Å². The number of aromatic nitrogens is 2. The van der Waals surface area contributed by atoms with Crippen LogP contribution in [0.2, 0.25) is 0 Å². The first-order valence-electron chi connectivity index (χ1n) is 5.14. The number of pyridine rings is 2. The van der Waals surface area contributed by atoms with E-state index in [1.165, 1.54) is 36.7 Å². The molecule has 0 aromatic carbocycles. The van der Waals surface area contributed by atoms with Gasteiger partial charge in [0.15, 0.2) is 0 Å². The molecule has 0 aliphatic heterocycles. The van der Waals surface area contributed by atoms with Crippen molar-refractivity contribution in [3.63, 3.8) is 0 Å². The largest absolute Gasteiger partial charge is 2.00 e. The van der Waals surface area contributed by atoms with E-state index in [0.717, 1.165) is 0 Å². The second-order valence-corrected chi connectivity index (χ2v) is 3.32. The Balaban J connectivity index is -0.000000308. The van der Waals surface area contributed by atoms with E-state index in [2.05, 4.69) is 9.97 Å². The minimum Gasteiger partial charge on any atom is -0.858 e. The Morgan fingerprint density at radius 1 is 0.826 bits per heavy atom.